The summed E-state index contributed by atoms with van der Waals surface area (Å²) in [4.78, 5) is 21.0. The van der Waals surface area contributed by atoms with Crippen LogP contribution in [-0.4, -0.2) is 20.4 Å². The van der Waals surface area contributed by atoms with Gasteiger partial charge in [-0.15, -0.1) is 11.3 Å². The number of nitrogens with zero attached hydrogens (tertiary/aromatic N) is 3. The minimum Gasteiger partial charge on any atom is -0.326 e. The lowest BCUT2D eigenvalue weighted by Crippen LogP contribution is -2.15. The highest BCUT2D eigenvalue weighted by molar-refractivity contribution is 9.10. The predicted octanol–water partition coefficient (Wildman–Crippen LogP) is 5.39. The zero-order valence-electron chi connectivity index (χ0n) is 15.4. The number of carbonyl (C=O) groups excluding carboxylic acids is 1. The van der Waals surface area contributed by atoms with Crippen LogP contribution < -0.4 is 5.32 Å². The highest BCUT2D eigenvalue weighted by Crippen LogP contribution is 2.26. The summed E-state index contributed by atoms with van der Waals surface area (Å²) < 4.78 is 17.1. The molecule has 146 valence electrons. The smallest absolute Gasteiger partial charge is 0.230 e. The molecular formula is C21H16BrFN4OS. The van der Waals surface area contributed by atoms with Gasteiger partial charge in [0.2, 0.25) is 5.91 Å². The van der Waals surface area contributed by atoms with Crippen LogP contribution in [0.25, 0.3) is 16.3 Å². The van der Waals surface area contributed by atoms with Gasteiger partial charge in [-0.1, -0.05) is 28.1 Å². The number of imidazole rings is 1. The summed E-state index contributed by atoms with van der Waals surface area (Å²) in [6.45, 7) is 1.80. The van der Waals surface area contributed by atoms with Crippen LogP contribution in [0.3, 0.4) is 0 Å². The van der Waals surface area contributed by atoms with E-state index in [1.165, 1.54) is 17.4 Å². The molecule has 8 heteroatoms. The minimum atomic E-state index is -0.436. The number of halogens is 2. The molecule has 1 amide bonds. The normalized spacial score (nSPS) is 10.9. The zero-order valence-corrected chi connectivity index (χ0v) is 17.8. The van der Waals surface area contributed by atoms with Gasteiger partial charge in [-0.05, 0) is 37.3 Å². The topological polar surface area (TPSA) is 59.8 Å². The van der Waals surface area contributed by atoms with Gasteiger partial charge in [0.15, 0.2) is 0 Å². The van der Waals surface area contributed by atoms with E-state index >= 15 is 0 Å². The molecule has 0 unspecified atom stereocenters. The summed E-state index contributed by atoms with van der Waals surface area (Å²) in [5.41, 5.74) is 2.45. The molecule has 29 heavy (non-hydrogen) atoms. The van der Waals surface area contributed by atoms with E-state index in [-0.39, 0.29) is 12.3 Å². The number of anilines is 1. The van der Waals surface area contributed by atoms with Crippen LogP contribution in [0.2, 0.25) is 0 Å². The first-order valence-corrected chi connectivity index (χ1v) is 10.5. The lowest BCUT2D eigenvalue weighted by atomic mass is 10.2. The molecule has 0 aliphatic rings. The summed E-state index contributed by atoms with van der Waals surface area (Å²) in [5, 5.41) is 5.44. The summed E-state index contributed by atoms with van der Waals surface area (Å²) >= 11 is 4.93. The molecule has 4 aromatic rings. The molecule has 2 aromatic heterocycles. The van der Waals surface area contributed by atoms with E-state index in [4.69, 9.17) is 0 Å². The van der Waals surface area contributed by atoms with Crippen LogP contribution in [0.15, 0.2) is 64.7 Å². The first kappa shape index (κ1) is 19.5. The Morgan fingerprint density at radius 3 is 2.86 bits per heavy atom. The zero-order chi connectivity index (χ0) is 20.4. The van der Waals surface area contributed by atoms with Crippen LogP contribution >= 0.6 is 27.3 Å². The van der Waals surface area contributed by atoms with Crippen molar-refractivity contribution in [2.45, 2.75) is 13.3 Å². The molecule has 1 N–H and O–H groups in total. The predicted molar refractivity (Wildman–Crippen MR) is 116 cm³/mol. The molecule has 5 nitrogen and oxygen atoms in total. The number of thiazole rings is 1. The molecule has 0 bridgehead atoms. The molecule has 0 aliphatic carbocycles. The van der Waals surface area contributed by atoms with E-state index < -0.39 is 5.82 Å². The van der Waals surface area contributed by atoms with Crippen molar-refractivity contribution in [1.29, 1.82) is 0 Å². The van der Waals surface area contributed by atoms with E-state index in [1.807, 2.05) is 29.6 Å². The van der Waals surface area contributed by atoms with Gasteiger partial charge >= 0.3 is 0 Å². The van der Waals surface area contributed by atoms with Crippen molar-refractivity contribution in [3.63, 3.8) is 0 Å². The van der Waals surface area contributed by atoms with Crippen molar-refractivity contribution >= 4 is 38.9 Å². The maximum atomic E-state index is 14.5. The van der Waals surface area contributed by atoms with Gasteiger partial charge in [0, 0.05) is 33.5 Å². The van der Waals surface area contributed by atoms with Crippen molar-refractivity contribution in [1.82, 2.24) is 14.5 Å². The van der Waals surface area contributed by atoms with Gasteiger partial charge in [0.25, 0.3) is 0 Å². The Morgan fingerprint density at radius 1 is 1.28 bits per heavy atom. The standard InChI is InChI=1S/C21H16BrFN4OS/c1-13-24-7-8-27(13)19-6-5-16(10-18(19)23)25-20(28)11-17-12-29-21(26-17)14-3-2-4-15(22)9-14/h2-10,12H,11H2,1H3,(H,25,28). The molecule has 0 saturated heterocycles. The number of benzene rings is 2. The van der Waals surface area contributed by atoms with E-state index in [0.29, 0.717) is 22.9 Å². The second-order valence-electron chi connectivity index (χ2n) is 6.39. The van der Waals surface area contributed by atoms with E-state index in [9.17, 15) is 9.18 Å². The Bertz CT molecular complexity index is 1190. The van der Waals surface area contributed by atoms with Crippen LogP contribution in [0, 0.1) is 12.7 Å². The van der Waals surface area contributed by atoms with E-state index in [1.54, 1.807) is 36.0 Å². The number of nitrogens with one attached hydrogen (secondary N) is 1. The first-order valence-electron chi connectivity index (χ1n) is 8.79. The fourth-order valence-corrected chi connectivity index (χ4v) is 4.14. The number of amides is 1. The second-order valence-corrected chi connectivity index (χ2v) is 8.16. The molecule has 0 fully saturated rings. The third kappa shape index (κ3) is 4.44. The molecule has 4 rings (SSSR count). The monoisotopic (exact) mass is 470 g/mol. The molecule has 0 atom stereocenters. The highest BCUT2D eigenvalue weighted by atomic mass is 79.9. The van der Waals surface area contributed by atoms with Gasteiger partial charge in [-0.2, -0.15) is 0 Å². The summed E-state index contributed by atoms with van der Waals surface area (Å²) in [6.07, 6.45) is 3.42. The number of aryl methyl sites for hydroxylation is 1. The molecule has 2 aromatic carbocycles. The minimum absolute atomic E-state index is 0.120. The third-order valence-electron chi connectivity index (χ3n) is 4.28. The number of aromatic nitrogens is 3. The van der Waals surface area contributed by atoms with Crippen LogP contribution in [0.1, 0.15) is 11.5 Å². The first-order chi connectivity index (χ1) is 14.0. The van der Waals surface area contributed by atoms with E-state index in [0.717, 1.165) is 15.0 Å². The van der Waals surface area contributed by atoms with Crippen LogP contribution in [-0.2, 0) is 11.2 Å². The lowest BCUT2D eigenvalue weighted by Gasteiger charge is -2.09. The molecule has 0 saturated carbocycles. The van der Waals surface area contributed by atoms with Gasteiger partial charge in [-0.25, -0.2) is 14.4 Å². The Balaban J connectivity index is 1.44. The molecular weight excluding hydrogens is 455 g/mol. The maximum absolute atomic E-state index is 14.5. The summed E-state index contributed by atoms with van der Waals surface area (Å²) in [5.74, 6) is 0.00187. The van der Waals surface area contributed by atoms with Crippen molar-refractivity contribution in [3.8, 4) is 16.3 Å². The van der Waals surface area contributed by atoms with Crippen molar-refractivity contribution in [2.75, 3.05) is 5.32 Å². The SMILES string of the molecule is Cc1nccn1-c1ccc(NC(=O)Cc2csc(-c3cccc(Br)c3)n2)cc1F. The average Bonchev–Trinajstić information content (AvgIpc) is 3.31. The number of carbonyl (C=O) groups is 1. The second kappa shape index (κ2) is 8.26. The summed E-state index contributed by atoms with van der Waals surface area (Å²) in [7, 11) is 0. The quantitative estimate of drug-likeness (QED) is 0.425. The van der Waals surface area contributed by atoms with Crippen LogP contribution in [0.4, 0.5) is 10.1 Å². The molecule has 2 heterocycles. The maximum Gasteiger partial charge on any atom is 0.230 e. The van der Waals surface area contributed by atoms with Gasteiger partial charge < -0.3 is 9.88 Å². The lowest BCUT2D eigenvalue weighted by molar-refractivity contribution is -0.115. The molecule has 0 spiro atoms. The van der Waals surface area contributed by atoms with Gasteiger partial charge in [0.1, 0.15) is 16.6 Å². The summed E-state index contributed by atoms with van der Waals surface area (Å²) in [6, 6.07) is 12.4. The van der Waals surface area contributed by atoms with Crippen molar-refractivity contribution < 1.29 is 9.18 Å². The van der Waals surface area contributed by atoms with Gasteiger partial charge in [0.05, 0.1) is 17.8 Å². The van der Waals surface area contributed by atoms with E-state index in [2.05, 4.69) is 31.2 Å². The van der Waals surface area contributed by atoms with Gasteiger partial charge in [-0.3, -0.25) is 4.79 Å². The number of rotatable bonds is 5. The highest BCUT2D eigenvalue weighted by Gasteiger charge is 2.12. The Labute approximate surface area is 179 Å². The molecule has 0 radical (unpaired) electrons. The third-order valence-corrected chi connectivity index (χ3v) is 5.72. The van der Waals surface area contributed by atoms with Crippen LogP contribution in [0.5, 0.6) is 0 Å². The Morgan fingerprint density at radius 2 is 2.14 bits per heavy atom. The number of hydrogen-bond acceptors (Lipinski definition) is 4. The largest absolute Gasteiger partial charge is 0.326 e. The van der Waals surface area contributed by atoms with Crippen molar-refractivity contribution in [3.05, 3.63) is 82.0 Å². The Hall–Kier alpha value is -2.84. The fraction of sp³-hybridized carbons (Fsp3) is 0.0952. The molecule has 0 aliphatic heterocycles. The number of hydrogen-bond donors (Lipinski definition) is 1. The fourth-order valence-electron chi connectivity index (χ4n) is 2.92. The van der Waals surface area contributed by atoms with Crippen molar-refractivity contribution in [2.24, 2.45) is 0 Å². The average molecular weight is 471 g/mol. The Kier molecular flexibility index (Phi) is 5.55.